The number of fused-ring (bicyclic) bond motifs is 1. The molecule has 1 aliphatic heterocycles. The zero-order valence-corrected chi connectivity index (χ0v) is 21.3. The average molecular weight is 504 g/mol. The van der Waals surface area contributed by atoms with Crippen LogP contribution in [-0.2, 0) is 19.9 Å². The van der Waals surface area contributed by atoms with Crippen molar-refractivity contribution < 1.29 is 14.0 Å². The molecule has 2 aliphatic rings. The van der Waals surface area contributed by atoms with Gasteiger partial charge in [0.2, 0.25) is 0 Å². The van der Waals surface area contributed by atoms with E-state index in [4.69, 9.17) is 10.8 Å². The van der Waals surface area contributed by atoms with Gasteiger partial charge in [0.15, 0.2) is 5.78 Å². The molecule has 2 N–H and O–H groups in total. The first-order chi connectivity index (χ1) is 17.9. The van der Waals surface area contributed by atoms with Crippen LogP contribution in [0.4, 0.5) is 15.9 Å². The summed E-state index contributed by atoms with van der Waals surface area (Å²) in [6.07, 6.45) is 5.61. The lowest BCUT2D eigenvalue weighted by molar-refractivity contribution is 0.0841. The van der Waals surface area contributed by atoms with Gasteiger partial charge in [-0.05, 0) is 100 Å². The molecule has 0 spiro atoms. The number of aryl methyl sites for hydroxylation is 2. The summed E-state index contributed by atoms with van der Waals surface area (Å²) in [7, 11) is 1.92. The average Bonchev–Trinajstić information content (AvgIpc) is 3.25. The Morgan fingerprint density at radius 1 is 1.00 bits per heavy atom. The van der Waals surface area contributed by atoms with Gasteiger partial charge in [-0.1, -0.05) is 0 Å². The van der Waals surface area contributed by atoms with Crippen LogP contribution in [0.15, 0.2) is 48.5 Å². The number of carbonyl (C=O) groups excluding carboxylic acids is 2. The summed E-state index contributed by atoms with van der Waals surface area (Å²) in [5, 5.41) is 4.75. The third-order valence-electron chi connectivity index (χ3n) is 7.67. The Morgan fingerprint density at radius 2 is 1.65 bits per heavy atom. The highest BCUT2D eigenvalue weighted by Gasteiger charge is 2.30. The van der Waals surface area contributed by atoms with Gasteiger partial charge in [-0.25, -0.2) is 4.39 Å². The molecule has 2 heterocycles. The number of amides is 1. The van der Waals surface area contributed by atoms with Gasteiger partial charge in [0.05, 0.1) is 5.69 Å². The van der Waals surface area contributed by atoms with Crippen molar-refractivity contribution in [3.63, 3.8) is 0 Å². The fraction of sp³-hybridized carbons (Fsp3) is 0.414. The normalized spacial score (nSPS) is 16.4. The Bertz CT molecular complexity index is 1260. The number of aromatic nitrogens is 2. The first kappa shape index (κ1) is 25.1. The maximum Gasteiger partial charge on any atom is 0.259 e. The molecular weight excluding hydrogens is 469 g/mol. The molecule has 0 radical (unpaired) electrons. The lowest BCUT2D eigenvalue weighted by Crippen LogP contribution is -2.43. The summed E-state index contributed by atoms with van der Waals surface area (Å²) in [5.41, 5.74) is 9.93. The predicted octanol–water partition coefficient (Wildman–Crippen LogP) is 4.26. The van der Waals surface area contributed by atoms with Gasteiger partial charge >= 0.3 is 0 Å². The molecule has 1 aliphatic carbocycles. The number of benzene rings is 2. The number of likely N-dealkylation sites (tertiary alicyclic amines) is 1. The summed E-state index contributed by atoms with van der Waals surface area (Å²) in [6, 6.07) is 12.9. The molecule has 5 rings (SSSR count). The Morgan fingerprint density at radius 3 is 2.35 bits per heavy atom. The Balaban J connectivity index is 1.29. The minimum atomic E-state index is -0.334. The van der Waals surface area contributed by atoms with Gasteiger partial charge in [-0.3, -0.25) is 19.2 Å². The molecule has 3 aromatic rings. The van der Waals surface area contributed by atoms with Crippen molar-refractivity contribution in [3.8, 4) is 0 Å². The van der Waals surface area contributed by atoms with Crippen LogP contribution in [0.1, 0.15) is 57.7 Å². The van der Waals surface area contributed by atoms with Gasteiger partial charge in [-0.2, -0.15) is 5.10 Å². The molecule has 2 aromatic carbocycles. The predicted molar refractivity (Wildman–Crippen MR) is 142 cm³/mol. The Labute approximate surface area is 217 Å². The Kier molecular flexibility index (Phi) is 7.37. The second-order valence-corrected chi connectivity index (χ2v) is 10.1. The number of hydrogen-bond acceptors (Lipinski definition) is 5. The van der Waals surface area contributed by atoms with Crippen molar-refractivity contribution in [2.24, 2.45) is 13.0 Å². The quantitative estimate of drug-likeness (QED) is 0.385. The molecule has 0 atom stereocenters. The fourth-order valence-electron chi connectivity index (χ4n) is 5.60. The summed E-state index contributed by atoms with van der Waals surface area (Å²) in [4.78, 5) is 30.8. The summed E-state index contributed by atoms with van der Waals surface area (Å²) in [5.74, 6) is 0.523. The van der Waals surface area contributed by atoms with E-state index in [0.29, 0.717) is 29.9 Å². The second kappa shape index (κ2) is 10.8. The third-order valence-corrected chi connectivity index (χ3v) is 7.67. The van der Waals surface area contributed by atoms with Crippen LogP contribution in [-0.4, -0.2) is 52.5 Å². The number of carbonyl (C=O) groups is 2. The largest absolute Gasteiger partial charge is 0.399 e. The number of anilines is 2. The van der Waals surface area contributed by atoms with Gasteiger partial charge < -0.3 is 10.6 Å². The highest BCUT2D eigenvalue weighted by atomic mass is 19.1. The van der Waals surface area contributed by atoms with Crippen LogP contribution < -0.4 is 10.6 Å². The topological polar surface area (TPSA) is 84.5 Å². The highest BCUT2D eigenvalue weighted by Crippen LogP contribution is 2.31. The van der Waals surface area contributed by atoms with E-state index in [1.807, 2.05) is 16.6 Å². The van der Waals surface area contributed by atoms with Gasteiger partial charge in [0.25, 0.3) is 5.91 Å². The SMILES string of the molecule is Cn1nc2c(c1N(CCN1CCC(C(=O)c3ccc(F)cc3)CC1)C(=O)c1ccc(N)cc1)CCCC2. The minimum absolute atomic E-state index is 0.0571. The maximum absolute atomic E-state index is 13.7. The number of rotatable bonds is 7. The fourth-order valence-corrected chi connectivity index (χ4v) is 5.60. The molecule has 37 heavy (non-hydrogen) atoms. The number of Topliss-reactive ketones (excluding diaryl/α,β-unsaturated/α-hetero) is 1. The standard InChI is InChI=1S/C29H34FN5O2/c1-33-28(25-4-2-3-5-26(25)32-33)35(29(37)22-8-12-24(31)13-9-22)19-18-34-16-14-21(15-17-34)27(36)20-6-10-23(30)11-7-20/h6-13,21H,2-5,14-19,31H2,1H3. The maximum atomic E-state index is 13.7. The van der Waals surface area contributed by atoms with Crippen LogP contribution in [0.2, 0.25) is 0 Å². The number of halogens is 1. The van der Waals surface area contributed by atoms with Crippen LogP contribution in [0, 0.1) is 11.7 Å². The highest BCUT2D eigenvalue weighted by molar-refractivity contribution is 6.06. The van der Waals surface area contributed by atoms with Gasteiger partial charge in [0.1, 0.15) is 11.6 Å². The van der Waals surface area contributed by atoms with E-state index in [0.717, 1.165) is 63.1 Å². The summed E-state index contributed by atoms with van der Waals surface area (Å²) < 4.78 is 15.1. The van der Waals surface area contributed by atoms with E-state index in [9.17, 15) is 14.0 Å². The molecular formula is C29H34FN5O2. The number of hydrogen-bond donors (Lipinski definition) is 1. The Hall–Kier alpha value is -3.52. The van der Waals surface area contributed by atoms with Crippen LogP contribution in [0.25, 0.3) is 0 Å². The third kappa shape index (κ3) is 5.44. The first-order valence-electron chi connectivity index (χ1n) is 13.1. The van der Waals surface area contributed by atoms with Crippen molar-refractivity contribution in [2.75, 3.05) is 36.8 Å². The van der Waals surface area contributed by atoms with E-state index >= 15 is 0 Å². The van der Waals surface area contributed by atoms with E-state index in [1.165, 1.54) is 17.7 Å². The van der Waals surface area contributed by atoms with E-state index in [1.54, 1.807) is 36.4 Å². The van der Waals surface area contributed by atoms with Crippen molar-refractivity contribution in [3.05, 3.63) is 76.7 Å². The number of piperidine rings is 1. The molecule has 8 heteroatoms. The molecule has 7 nitrogen and oxygen atoms in total. The van der Waals surface area contributed by atoms with E-state index in [2.05, 4.69) is 4.90 Å². The van der Waals surface area contributed by atoms with E-state index < -0.39 is 0 Å². The minimum Gasteiger partial charge on any atom is -0.399 e. The molecule has 0 unspecified atom stereocenters. The smallest absolute Gasteiger partial charge is 0.259 e. The van der Waals surface area contributed by atoms with Crippen molar-refractivity contribution >= 4 is 23.2 Å². The number of nitrogens with two attached hydrogens (primary N) is 1. The number of nitrogen functional groups attached to an aromatic ring is 1. The molecule has 194 valence electrons. The first-order valence-corrected chi connectivity index (χ1v) is 13.1. The van der Waals surface area contributed by atoms with Crippen LogP contribution >= 0.6 is 0 Å². The molecule has 0 saturated carbocycles. The lowest BCUT2D eigenvalue weighted by atomic mass is 9.89. The molecule has 1 amide bonds. The van der Waals surface area contributed by atoms with Crippen molar-refractivity contribution in [1.29, 1.82) is 0 Å². The van der Waals surface area contributed by atoms with Crippen molar-refractivity contribution in [2.45, 2.75) is 38.5 Å². The number of ketones is 1. The van der Waals surface area contributed by atoms with Gasteiger partial charge in [-0.15, -0.1) is 0 Å². The molecule has 0 bridgehead atoms. The summed E-state index contributed by atoms with van der Waals surface area (Å²) in [6.45, 7) is 2.81. The van der Waals surface area contributed by atoms with E-state index in [-0.39, 0.29) is 23.4 Å². The van der Waals surface area contributed by atoms with Crippen LogP contribution in [0.3, 0.4) is 0 Å². The monoisotopic (exact) mass is 503 g/mol. The second-order valence-electron chi connectivity index (χ2n) is 10.1. The molecule has 1 aromatic heterocycles. The van der Waals surface area contributed by atoms with Gasteiger partial charge in [0, 0.05) is 48.4 Å². The number of nitrogens with zero attached hydrogens (tertiary/aromatic N) is 4. The summed E-state index contributed by atoms with van der Waals surface area (Å²) >= 11 is 0. The molecule has 1 fully saturated rings. The zero-order valence-electron chi connectivity index (χ0n) is 21.3. The lowest BCUT2D eigenvalue weighted by Gasteiger charge is -2.33. The molecule has 1 saturated heterocycles. The van der Waals surface area contributed by atoms with Crippen LogP contribution in [0.5, 0.6) is 0 Å². The zero-order chi connectivity index (χ0) is 25.9. The van der Waals surface area contributed by atoms with Crippen molar-refractivity contribution in [1.82, 2.24) is 14.7 Å².